The smallest absolute Gasteiger partial charge is 0.369 e. The van der Waals surface area contributed by atoms with Gasteiger partial charge in [-0.1, -0.05) is 11.6 Å². The zero-order valence-electron chi connectivity index (χ0n) is 9.95. The third kappa shape index (κ3) is 2.69. The molecule has 108 valence electrons. The molecular weight excluding hydrogens is 299 g/mol. The number of halogens is 4. The molecule has 1 fully saturated rings. The van der Waals surface area contributed by atoms with Crippen LogP contribution in [0.1, 0.15) is 12.1 Å². The van der Waals surface area contributed by atoms with Crippen molar-refractivity contribution in [3.63, 3.8) is 0 Å². The molecule has 1 aromatic heterocycles. The second kappa shape index (κ2) is 4.93. The predicted molar refractivity (Wildman–Crippen MR) is 63.9 cm³/mol. The van der Waals surface area contributed by atoms with Crippen molar-refractivity contribution in [3.8, 4) is 0 Å². The summed E-state index contributed by atoms with van der Waals surface area (Å²) in [6.07, 6.45) is -4.71. The number of amides is 2. The number of alkyl halides is 3. The van der Waals surface area contributed by atoms with E-state index in [0.717, 1.165) is 17.0 Å². The van der Waals surface area contributed by atoms with Gasteiger partial charge in [-0.25, -0.2) is 4.98 Å². The van der Waals surface area contributed by atoms with Crippen LogP contribution >= 0.6 is 11.6 Å². The van der Waals surface area contributed by atoms with Gasteiger partial charge in [-0.2, -0.15) is 13.2 Å². The number of carbonyl (C=O) groups is 2. The summed E-state index contributed by atoms with van der Waals surface area (Å²) in [5, 5.41) is -0.446. The predicted octanol–water partition coefficient (Wildman–Crippen LogP) is 1.59. The first-order valence-electron chi connectivity index (χ1n) is 5.53. The van der Waals surface area contributed by atoms with E-state index in [0.29, 0.717) is 0 Å². The average Bonchev–Trinajstić information content (AvgIpc) is 2.70. The lowest BCUT2D eigenvalue weighted by Gasteiger charge is -2.18. The van der Waals surface area contributed by atoms with Gasteiger partial charge < -0.3 is 10.6 Å². The largest absolute Gasteiger partial charge is 0.433 e. The van der Waals surface area contributed by atoms with E-state index in [2.05, 4.69) is 4.98 Å². The standard InChI is InChI=1S/C11H9ClF3N3O2/c12-9-6(1-2-7(17-9)11(13,14)15)18-4-5(10(16)20)3-8(18)19/h1-2,5H,3-4H2,(H2,16,20). The summed E-state index contributed by atoms with van der Waals surface area (Å²) < 4.78 is 37.4. The molecule has 1 aliphatic heterocycles. The number of pyridine rings is 1. The van der Waals surface area contributed by atoms with Crippen molar-refractivity contribution in [1.82, 2.24) is 4.98 Å². The Labute approximate surface area is 116 Å². The summed E-state index contributed by atoms with van der Waals surface area (Å²) >= 11 is 5.69. The van der Waals surface area contributed by atoms with E-state index in [-0.39, 0.29) is 18.7 Å². The average molecular weight is 308 g/mol. The number of hydrogen-bond acceptors (Lipinski definition) is 3. The summed E-state index contributed by atoms with van der Waals surface area (Å²) in [5.74, 6) is -1.75. The molecule has 1 saturated heterocycles. The first-order valence-corrected chi connectivity index (χ1v) is 5.91. The van der Waals surface area contributed by atoms with E-state index in [1.807, 2.05) is 0 Å². The third-order valence-corrected chi connectivity index (χ3v) is 3.22. The van der Waals surface area contributed by atoms with Crippen molar-refractivity contribution >= 4 is 29.1 Å². The summed E-state index contributed by atoms with van der Waals surface area (Å²) in [6.45, 7) is -0.0130. The molecule has 9 heteroatoms. The first kappa shape index (κ1) is 14.6. The van der Waals surface area contributed by atoms with Crippen LogP contribution in [0.4, 0.5) is 18.9 Å². The van der Waals surface area contributed by atoms with Crippen molar-refractivity contribution in [2.24, 2.45) is 11.7 Å². The van der Waals surface area contributed by atoms with E-state index in [1.165, 1.54) is 0 Å². The molecule has 2 rings (SSSR count). The molecule has 1 unspecified atom stereocenters. The lowest BCUT2D eigenvalue weighted by molar-refractivity contribution is -0.141. The summed E-state index contributed by atoms with van der Waals surface area (Å²) in [4.78, 5) is 27.1. The molecular formula is C11H9ClF3N3O2. The molecule has 2 amide bonds. The van der Waals surface area contributed by atoms with Crippen molar-refractivity contribution in [1.29, 1.82) is 0 Å². The van der Waals surface area contributed by atoms with Gasteiger partial charge in [-0.15, -0.1) is 0 Å². The van der Waals surface area contributed by atoms with Crippen LogP contribution < -0.4 is 10.6 Å². The van der Waals surface area contributed by atoms with Crippen molar-refractivity contribution < 1.29 is 22.8 Å². The highest BCUT2D eigenvalue weighted by Gasteiger charge is 2.37. The molecule has 2 N–H and O–H groups in total. The lowest BCUT2D eigenvalue weighted by Crippen LogP contribution is -2.28. The fourth-order valence-electron chi connectivity index (χ4n) is 1.92. The number of nitrogens with zero attached hydrogens (tertiary/aromatic N) is 2. The Morgan fingerprint density at radius 3 is 2.55 bits per heavy atom. The number of rotatable bonds is 2. The van der Waals surface area contributed by atoms with Gasteiger partial charge in [0.05, 0.1) is 11.6 Å². The topological polar surface area (TPSA) is 76.3 Å². The van der Waals surface area contributed by atoms with Gasteiger partial charge in [0.1, 0.15) is 5.69 Å². The third-order valence-electron chi connectivity index (χ3n) is 2.94. The van der Waals surface area contributed by atoms with Crippen molar-refractivity contribution in [2.45, 2.75) is 12.6 Å². The van der Waals surface area contributed by atoms with E-state index >= 15 is 0 Å². The van der Waals surface area contributed by atoms with Crippen LogP contribution in [0.25, 0.3) is 0 Å². The molecule has 2 heterocycles. The summed E-state index contributed by atoms with van der Waals surface area (Å²) in [6, 6.07) is 1.78. The molecule has 0 saturated carbocycles. The Morgan fingerprint density at radius 2 is 2.10 bits per heavy atom. The number of anilines is 1. The highest BCUT2D eigenvalue weighted by Crippen LogP contribution is 2.34. The molecule has 1 atom stereocenters. The van der Waals surface area contributed by atoms with Gasteiger partial charge in [-0.05, 0) is 12.1 Å². The minimum atomic E-state index is -4.62. The number of nitrogens with two attached hydrogens (primary N) is 1. The van der Waals surface area contributed by atoms with Crippen LogP contribution in [0.15, 0.2) is 12.1 Å². The zero-order chi connectivity index (χ0) is 15.1. The normalized spacial score (nSPS) is 19.5. The van der Waals surface area contributed by atoms with E-state index in [4.69, 9.17) is 17.3 Å². The molecule has 1 aromatic rings. The van der Waals surface area contributed by atoms with Crippen LogP contribution in [0.2, 0.25) is 5.15 Å². The van der Waals surface area contributed by atoms with Gasteiger partial charge in [0, 0.05) is 13.0 Å². The summed E-state index contributed by atoms with van der Waals surface area (Å²) in [5.41, 5.74) is 3.99. The van der Waals surface area contributed by atoms with Crippen LogP contribution in [0.3, 0.4) is 0 Å². The SMILES string of the molecule is NC(=O)C1CC(=O)N(c2ccc(C(F)(F)F)nc2Cl)C1. The zero-order valence-corrected chi connectivity index (χ0v) is 10.7. The van der Waals surface area contributed by atoms with Crippen molar-refractivity contribution in [2.75, 3.05) is 11.4 Å². The van der Waals surface area contributed by atoms with E-state index in [9.17, 15) is 22.8 Å². The van der Waals surface area contributed by atoms with Crippen LogP contribution in [-0.4, -0.2) is 23.3 Å². The molecule has 20 heavy (non-hydrogen) atoms. The first-order chi connectivity index (χ1) is 9.20. The Morgan fingerprint density at radius 1 is 1.45 bits per heavy atom. The van der Waals surface area contributed by atoms with Gasteiger partial charge in [0.15, 0.2) is 5.15 Å². The second-order valence-corrected chi connectivity index (χ2v) is 4.67. The quantitative estimate of drug-likeness (QED) is 0.843. The minimum absolute atomic E-state index is 0.0130. The molecule has 0 spiro atoms. The Hall–Kier alpha value is -1.83. The van der Waals surface area contributed by atoms with E-state index in [1.54, 1.807) is 0 Å². The summed E-state index contributed by atoms with van der Waals surface area (Å²) in [7, 11) is 0. The lowest BCUT2D eigenvalue weighted by atomic mass is 10.1. The number of primary amides is 1. The molecule has 0 aliphatic carbocycles. The van der Waals surface area contributed by atoms with E-state index < -0.39 is 34.8 Å². The highest BCUT2D eigenvalue weighted by atomic mass is 35.5. The molecule has 0 radical (unpaired) electrons. The number of hydrogen-bond donors (Lipinski definition) is 1. The van der Waals surface area contributed by atoms with Crippen LogP contribution in [0.5, 0.6) is 0 Å². The van der Waals surface area contributed by atoms with Gasteiger partial charge in [0.2, 0.25) is 11.8 Å². The van der Waals surface area contributed by atoms with Crippen LogP contribution in [0, 0.1) is 5.92 Å². The van der Waals surface area contributed by atoms with Crippen LogP contribution in [-0.2, 0) is 15.8 Å². The maximum absolute atomic E-state index is 12.5. The maximum atomic E-state index is 12.5. The van der Waals surface area contributed by atoms with Gasteiger partial charge in [-0.3, -0.25) is 9.59 Å². The van der Waals surface area contributed by atoms with Gasteiger partial charge in [0.25, 0.3) is 0 Å². The Bertz CT molecular complexity index is 577. The Balaban J connectivity index is 2.31. The Kier molecular flexibility index (Phi) is 3.59. The fourth-order valence-corrected chi connectivity index (χ4v) is 2.17. The molecule has 0 bridgehead atoms. The highest BCUT2D eigenvalue weighted by molar-refractivity contribution is 6.32. The number of aromatic nitrogens is 1. The van der Waals surface area contributed by atoms with Crippen molar-refractivity contribution in [3.05, 3.63) is 23.0 Å². The van der Waals surface area contributed by atoms with Gasteiger partial charge >= 0.3 is 6.18 Å². The minimum Gasteiger partial charge on any atom is -0.369 e. The second-order valence-electron chi connectivity index (χ2n) is 4.31. The molecule has 5 nitrogen and oxygen atoms in total. The molecule has 1 aliphatic rings. The molecule has 0 aromatic carbocycles. The fraction of sp³-hybridized carbons (Fsp3) is 0.364. The number of carbonyl (C=O) groups excluding carboxylic acids is 2. The monoisotopic (exact) mass is 307 g/mol. The maximum Gasteiger partial charge on any atom is 0.433 e.